The average molecular weight is 331 g/mol. The van der Waals surface area contributed by atoms with E-state index in [1.165, 1.54) is 0 Å². The predicted octanol–water partition coefficient (Wildman–Crippen LogP) is 4.32. The van der Waals surface area contributed by atoms with Gasteiger partial charge in [-0.15, -0.1) is 11.3 Å². The molecule has 0 unspecified atom stereocenters. The number of halogens is 4. The first kappa shape index (κ1) is 14.1. The van der Waals surface area contributed by atoms with Gasteiger partial charge in [0.2, 0.25) is 5.82 Å². The summed E-state index contributed by atoms with van der Waals surface area (Å²) in [7, 11) is 0. The number of nitrogens with zero attached hydrogens (tertiary/aromatic N) is 1. The summed E-state index contributed by atoms with van der Waals surface area (Å²) < 4.78 is 37.9. The van der Waals surface area contributed by atoms with Gasteiger partial charge in [0, 0.05) is 16.0 Å². The van der Waals surface area contributed by atoms with Crippen molar-refractivity contribution in [3.8, 4) is 11.1 Å². The molecule has 0 fully saturated rings. The lowest BCUT2D eigenvalue weighted by atomic mass is 10.1. The minimum atomic E-state index is -4.68. The van der Waals surface area contributed by atoms with E-state index in [1.54, 1.807) is 34.6 Å². The summed E-state index contributed by atoms with van der Waals surface area (Å²) in [5, 5.41) is 2.29. The second kappa shape index (κ2) is 4.85. The van der Waals surface area contributed by atoms with Gasteiger partial charge in [0.05, 0.1) is 5.39 Å². The Morgan fingerprint density at radius 2 is 1.86 bits per heavy atom. The minimum absolute atomic E-state index is 0.0519. The van der Waals surface area contributed by atoms with E-state index < -0.39 is 17.6 Å². The van der Waals surface area contributed by atoms with Crippen LogP contribution < -0.4 is 5.56 Å². The molecule has 0 aliphatic heterocycles. The maximum atomic E-state index is 12.6. The summed E-state index contributed by atoms with van der Waals surface area (Å²) in [6, 6.07) is 6.68. The third kappa shape index (κ3) is 2.54. The van der Waals surface area contributed by atoms with Gasteiger partial charge in [0.15, 0.2) is 0 Å². The number of H-pyrrole nitrogens is 1. The molecule has 3 aromatic rings. The highest BCUT2D eigenvalue weighted by Gasteiger charge is 2.34. The largest absolute Gasteiger partial charge is 0.449 e. The molecule has 1 N–H and O–H groups in total. The summed E-state index contributed by atoms with van der Waals surface area (Å²) in [6.45, 7) is 0. The van der Waals surface area contributed by atoms with E-state index in [9.17, 15) is 18.0 Å². The number of alkyl halides is 3. The van der Waals surface area contributed by atoms with E-state index in [0.717, 1.165) is 11.3 Å². The van der Waals surface area contributed by atoms with Gasteiger partial charge in [-0.25, -0.2) is 4.98 Å². The van der Waals surface area contributed by atoms with Crippen LogP contribution in [0.25, 0.3) is 21.3 Å². The Morgan fingerprint density at radius 3 is 2.48 bits per heavy atom. The second-order valence-electron chi connectivity index (χ2n) is 4.25. The SMILES string of the molecule is O=c1[nH]c(C(F)(F)F)nc2scc(-c3ccc(Cl)cc3)c12. The molecule has 3 nitrogen and oxygen atoms in total. The molecular weight excluding hydrogens is 325 g/mol. The van der Waals surface area contributed by atoms with Crippen molar-refractivity contribution in [2.75, 3.05) is 0 Å². The zero-order valence-corrected chi connectivity index (χ0v) is 11.7. The topological polar surface area (TPSA) is 45.8 Å². The molecular formula is C13H6ClF3N2OS. The highest BCUT2D eigenvalue weighted by molar-refractivity contribution is 7.17. The van der Waals surface area contributed by atoms with E-state index in [0.29, 0.717) is 16.1 Å². The van der Waals surface area contributed by atoms with Gasteiger partial charge in [-0.1, -0.05) is 23.7 Å². The van der Waals surface area contributed by atoms with E-state index in [2.05, 4.69) is 4.98 Å². The molecule has 8 heteroatoms. The first-order valence-corrected chi connectivity index (χ1v) is 6.96. The van der Waals surface area contributed by atoms with E-state index in [-0.39, 0.29) is 10.2 Å². The number of fused-ring (bicyclic) bond motifs is 1. The third-order valence-electron chi connectivity index (χ3n) is 2.87. The minimum Gasteiger partial charge on any atom is -0.302 e. The maximum Gasteiger partial charge on any atom is 0.449 e. The standard InChI is InChI=1S/C13H6ClF3N2OS/c14-7-3-1-6(2-4-7)8-5-21-11-9(8)10(20)18-12(19-11)13(15,16)17/h1-5H,(H,18,19,20). The van der Waals surface area contributed by atoms with E-state index in [4.69, 9.17) is 11.6 Å². The molecule has 0 amide bonds. The molecule has 2 aromatic heterocycles. The molecule has 0 saturated heterocycles. The number of aromatic amines is 1. The van der Waals surface area contributed by atoms with Crippen LogP contribution in [0.15, 0.2) is 34.4 Å². The van der Waals surface area contributed by atoms with Crippen molar-refractivity contribution < 1.29 is 13.2 Å². The van der Waals surface area contributed by atoms with Crippen molar-refractivity contribution in [1.82, 2.24) is 9.97 Å². The van der Waals surface area contributed by atoms with Crippen LogP contribution in [0.5, 0.6) is 0 Å². The monoisotopic (exact) mass is 330 g/mol. The Balaban J connectivity index is 2.24. The smallest absolute Gasteiger partial charge is 0.302 e. The summed E-state index contributed by atoms with van der Waals surface area (Å²) in [5.41, 5.74) is 0.422. The van der Waals surface area contributed by atoms with Crippen molar-refractivity contribution in [2.45, 2.75) is 6.18 Å². The maximum absolute atomic E-state index is 12.6. The lowest BCUT2D eigenvalue weighted by Gasteiger charge is -2.05. The van der Waals surface area contributed by atoms with Crippen LogP contribution in [0.4, 0.5) is 13.2 Å². The Labute approximate surface area is 125 Å². The van der Waals surface area contributed by atoms with Crippen molar-refractivity contribution in [2.24, 2.45) is 0 Å². The van der Waals surface area contributed by atoms with Crippen molar-refractivity contribution in [1.29, 1.82) is 0 Å². The number of rotatable bonds is 1. The normalized spacial score (nSPS) is 12.0. The molecule has 0 aliphatic rings. The number of hydrogen-bond donors (Lipinski definition) is 1. The predicted molar refractivity (Wildman–Crippen MR) is 75.7 cm³/mol. The van der Waals surface area contributed by atoms with Crippen LogP contribution in [0.1, 0.15) is 5.82 Å². The third-order valence-corrected chi connectivity index (χ3v) is 3.99. The lowest BCUT2D eigenvalue weighted by Crippen LogP contribution is -2.18. The van der Waals surface area contributed by atoms with Crippen molar-refractivity contribution in [3.05, 3.63) is 50.8 Å². The highest BCUT2D eigenvalue weighted by Crippen LogP contribution is 2.33. The number of thiophene rings is 1. The molecule has 21 heavy (non-hydrogen) atoms. The molecule has 1 aromatic carbocycles. The molecule has 0 radical (unpaired) electrons. The molecule has 0 aliphatic carbocycles. The molecule has 2 heterocycles. The zero-order valence-electron chi connectivity index (χ0n) is 10.2. The molecule has 0 saturated carbocycles. The summed E-state index contributed by atoms with van der Waals surface area (Å²) in [4.78, 5) is 17.3. The second-order valence-corrected chi connectivity index (χ2v) is 5.54. The molecule has 108 valence electrons. The molecule has 0 bridgehead atoms. The average Bonchev–Trinajstić information content (AvgIpc) is 2.83. The van der Waals surface area contributed by atoms with Crippen LogP contribution in [0.2, 0.25) is 5.02 Å². The summed E-state index contributed by atoms with van der Waals surface area (Å²) >= 11 is 6.78. The Hall–Kier alpha value is -1.86. The van der Waals surface area contributed by atoms with Crippen molar-refractivity contribution in [3.63, 3.8) is 0 Å². The highest BCUT2D eigenvalue weighted by atomic mass is 35.5. The van der Waals surface area contributed by atoms with Gasteiger partial charge in [-0.2, -0.15) is 13.2 Å². The number of aromatic nitrogens is 2. The molecule has 3 rings (SSSR count). The Bertz CT molecular complexity index is 868. The van der Waals surface area contributed by atoms with Gasteiger partial charge in [0.25, 0.3) is 5.56 Å². The number of nitrogens with one attached hydrogen (secondary N) is 1. The van der Waals surface area contributed by atoms with Gasteiger partial charge in [-0.3, -0.25) is 4.79 Å². The van der Waals surface area contributed by atoms with E-state index >= 15 is 0 Å². The van der Waals surface area contributed by atoms with Gasteiger partial charge < -0.3 is 4.98 Å². The quantitative estimate of drug-likeness (QED) is 0.722. The van der Waals surface area contributed by atoms with Crippen LogP contribution >= 0.6 is 22.9 Å². The van der Waals surface area contributed by atoms with Crippen LogP contribution in [-0.2, 0) is 6.18 Å². The first-order valence-electron chi connectivity index (χ1n) is 5.71. The molecule has 0 atom stereocenters. The number of benzene rings is 1. The Morgan fingerprint density at radius 1 is 1.19 bits per heavy atom. The van der Waals surface area contributed by atoms with Gasteiger partial charge in [0.1, 0.15) is 4.83 Å². The molecule has 0 spiro atoms. The fraction of sp³-hybridized carbons (Fsp3) is 0.0769. The van der Waals surface area contributed by atoms with E-state index in [1.807, 2.05) is 0 Å². The lowest BCUT2D eigenvalue weighted by molar-refractivity contribution is -0.144. The van der Waals surface area contributed by atoms with Crippen LogP contribution in [-0.4, -0.2) is 9.97 Å². The number of hydrogen-bond acceptors (Lipinski definition) is 3. The summed E-state index contributed by atoms with van der Waals surface area (Å²) in [5.74, 6) is -1.29. The van der Waals surface area contributed by atoms with Crippen molar-refractivity contribution >= 4 is 33.2 Å². The van der Waals surface area contributed by atoms with Gasteiger partial charge in [-0.05, 0) is 17.7 Å². The van der Waals surface area contributed by atoms with Crippen LogP contribution in [0, 0.1) is 0 Å². The first-order chi connectivity index (χ1) is 9.86. The zero-order chi connectivity index (χ0) is 15.2. The Kier molecular flexibility index (Phi) is 3.26. The fourth-order valence-corrected chi connectivity index (χ4v) is 3.00. The summed E-state index contributed by atoms with van der Waals surface area (Å²) in [6.07, 6.45) is -4.68. The fourth-order valence-electron chi connectivity index (χ4n) is 1.93. The van der Waals surface area contributed by atoms with Gasteiger partial charge >= 0.3 is 6.18 Å². The van der Waals surface area contributed by atoms with Crippen LogP contribution in [0.3, 0.4) is 0 Å².